The third-order valence-corrected chi connectivity index (χ3v) is 15.6. The van der Waals surface area contributed by atoms with E-state index in [0.29, 0.717) is 17.4 Å². The van der Waals surface area contributed by atoms with Crippen LogP contribution in [0.3, 0.4) is 0 Å². The minimum absolute atomic E-state index is 0.0643. The number of hydrogen-bond donors (Lipinski definition) is 3. The molecule has 0 aliphatic carbocycles. The van der Waals surface area contributed by atoms with E-state index in [9.17, 15) is 19.4 Å². The van der Waals surface area contributed by atoms with Crippen LogP contribution in [0, 0.1) is 0 Å². The van der Waals surface area contributed by atoms with Crippen LogP contribution in [-0.2, 0) is 18.4 Å². The van der Waals surface area contributed by atoms with Crippen LogP contribution < -0.4 is 5.32 Å². The molecule has 0 aliphatic heterocycles. The van der Waals surface area contributed by atoms with E-state index in [1.807, 2.05) is 27.2 Å². The number of likely N-dealkylation sites (N-methyl/N-ethyl adjacent to an activating group) is 1. The van der Waals surface area contributed by atoms with Crippen LogP contribution in [0.5, 0.6) is 0 Å². The molecule has 8 nitrogen and oxygen atoms in total. The maximum absolute atomic E-state index is 13.0. The Morgan fingerprint density at radius 1 is 0.458 bits per heavy atom. The predicted molar refractivity (Wildman–Crippen MR) is 314 cm³/mol. The largest absolute Gasteiger partial charge is 0.472 e. The van der Waals surface area contributed by atoms with E-state index in [0.717, 1.165) is 38.5 Å². The zero-order valence-corrected chi connectivity index (χ0v) is 49.8. The number of aliphatic hydroxyl groups excluding tert-OH is 1. The number of phosphoric ester groups is 1. The van der Waals surface area contributed by atoms with Gasteiger partial charge in [0, 0.05) is 6.42 Å². The zero-order chi connectivity index (χ0) is 52.7. The Morgan fingerprint density at radius 2 is 0.750 bits per heavy atom. The Labute approximate surface area is 449 Å². The van der Waals surface area contributed by atoms with Gasteiger partial charge in [-0.1, -0.05) is 295 Å². The van der Waals surface area contributed by atoms with E-state index in [4.69, 9.17) is 9.05 Å². The zero-order valence-electron chi connectivity index (χ0n) is 48.9. The summed E-state index contributed by atoms with van der Waals surface area (Å²) in [5.41, 5.74) is 0. The van der Waals surface area contributed by atoms with Gasteiger partial charge in [-0.25, -0.2) is 4.57 Å². The van der Waals surface area contributed by atoms with E-state index in [1.54, 1.807) is 6.08 Å². The lowest BCUT2D eigenvalue weighted by Gasteiger charge is -2.25. The second-order valence-electron chi connectivity index (χ2n) is 23.1. The van der Waals surface area contributed by atoms with Crippen molar-refractivity contribution in [3.8, 4) is 0 Å². The molecule has 1 amide bonds. The van der Waals surface area contributed by atoms with Crippen molar-refractivity contribution in [2.75, 3.05) is 40.9 Å². The molecule has 428 valence electrons. The second-order valence-corrected chi connectivity index (χ2v) is 24.6. The van der Waals surface area contributed by atoms with Gasteiger partial charge < -0.3 is 19.8 Å². The summed E-state index contributed by atoms with van der Waals surface area (Å²) < 4.78 is 23.7. The van der Waals surface area contributed by atoms with Crippen LogP contribution in [0.2, 0.25) is 0 Å². The topological polar surface area (TPSA) is 105 Å². The molecule has 3 unspecified atom stereocenters. The van der Waals surface area contributed by atoms with Crippen molar-refractivity contribution in [1.82, 2.24) is 5.32 Å². The first-order chi connectivity index (χ1) is 35.0. The van der Waals surface area contributed by atoms with E-state index >= 15 is 0 Å². The molecule has 0 aromatic heterocycles. The highest BCUT2D eigenvalue weighted by Crippen LogP contribution is 2.43. The monoisotopic (exact) mass is 1040 g/mol. The first kappa shape index (κ1) is 71.0. The van der Waals surface area contributed by atoms with E-state index in [1.165, 1.54) is 263 Å². The second kappa shape index (κ2) is 54.8. The fraction of sp³-hybridized carbons (Fsp3) is 0.921. The third kappa shape index (κ3) is 56.7. The van der Waals surface area contributed by atoms with Gasteiger partial charge in [-0.05, 0) is 44.9 Å². The summed E-state index contributed by atoms with van der Waals surface area (Å²) in [7, 11) is 1.59. The van der Waals surface area contributed by atoms with Crippen LogP contribution in [0.25, 0.3) is 0 Å². The smallest absolute Gasteiger partial charge is 0.387 e. The van der Waals surface area contributed by atoms with E-state index in [-0.39, 0.29) is 19.1 Å². The molecule has 0 saturated carbocycles. The molecule has 9 heteroatoms. The molecule has 0 aliphatic rings. The Balaban J connectivity index is 3.94. The fourth-order valence-corrected chi connectivity index (χ4v) is 10.4. The summed E-state index contributed by atoms with van der Waals surface area (Å²) in [6, 6.07) is -0.843. The van der Waals surface area contributed by atoms with Crippen LogP contribution in [0.4, 0.5) is 0 Å². The van der Waals surface area contributed by atoms with Gasteiger partial charge in [-0.15, -0.1) is 0 Å². The lowest BCUT2D eigenvalue weighted by Crippen LogP contribution is -2.45. The molecule has 72 heavy (non-hydrogen) atoms. The van der Waals surface area contributed by atoms with Gasteiger partial charge >= 0.3 is 7.82 Å². The Morgan fingerprint density at radius 3 is 1.07 bits per heavy atom. The van der Waals surface area contributed by atoms with E-state index in [2.05, 4.69) is 31.3 Å². The molecular formula is C63H126N2O6P+. The summed E-state index contributed by atoms with van der Waals surface area (Å²) in [6.45, 7) is 4.85. The standard InChI is InChI=1S/C63H125N2O6P/c1-6-8-10-12-14-16-18-20-22-23-24-25-26-27-28-29-30-31-32-33-34-35-36-37-38-39-40-41-43-45-47-49-51-53-55-57-63(67)64-61(60-71-72(68,69)70-59-58-65(3,4)5)62(66)56-54-52-50-48-46-44-42-21-19-17-15-13-11-9-7-2/h23-24,54,56,61-62,66H,6-22,25-53,55,57-60H2,1-5H3,(H-,64,67,68,69)/p+1/b24-23-,56-54+. The van der Waals surface area contributed by atoms with Gasteiger partial charge in [0.2, 0.25) is 5.91 Å². The van der Waals surface area contributed by atoms with Crippen LogP contribution in [0.1, 0.15) is 322 Å². The average Bonchev–Trinajstić information content (AvgIpc) is 3.34. The van der Waals surface area contributed by atoms with Gasteiger partial charge in [-0.3, -0.25) is 13.8 Å². The fourth-order valence-electron chi connectivity index (χ4n) is 9.69. The summed E-state index contributed by atoms with van der Waals surface area (Å²) in [5.74, 6) is -0.170. The quantitative estimate of drug-likeness (QED) is 0.0243. The van der Waals surface area contributed by atoms with Crippen molar-refractivity contribution in [3.05, 3.63) is 24.3 Å². The molecule has 0 aromatic carbocycles. The highest BCUT2D eigenvalue weighted by molar-refractivity contribution is 7.47. The maximum Gasteiger partial charge on any atom is 0.472 e. The molecule has 0 aromatic rings. The normalized spacial score (nSPS) is 13.9. The minimum Gasteiger partial charge on any atom is -0.387 e. The number of unbranched alkanes of at least 4 members (excludes halogenated alkanes) is 44. The SMILES string of the molecule is CCCCCCCCCC/C=C\CCCCCCCCCCCCCCCCCCCCCCCCCC(=O)NC(COP(=O)(O)OCC[N+](C)(C)C)C(O)/C=C/CCCCCCCCCCCCCCC. The highest BCUT2D eigenvalue weighted by Gasteiger charge is 2.28. The molecule has 0 radical (unpaired) electrons. The predicted octanol–water partition coefficient (Wildman–Crippen LogP) is 19.5. The molecular weight excluding hydrogens is 912 g/mol. The Bertz CT molecular complexity index is 1220. The number of amides is 1. The van der Waals surface area contributed by atoms with E-state index < -0.39 is 20.0 Å². The molecule has 3 atom stereocenters. The molecule has 0 fully saturated rings. The van der Waals surface area contributed by atoms with Crippen molar-refractivity contribution in [2.24, 2.45) is 0 Å². The lowest BCUT2D eigenvalue weighted by atomic mass is 10.0. The van der Waals surface area contributed by atoms with Crippen molar-refractivity contribution in [1.29, 1.82) is 0 Å². The number of carbonyl (C=O) groups excluding carboxylic acids is 1. The lowest BCUT2D eigenvalue weighted by molar-refractivity contribution is -0.870. The summed E-state index contributed by atoms with van der Waals surface area (Å²) in [4.78, 5) is 23.3. The number of hydrogen-bond acceptors (Lipinski definition) is 5. The van der Waals surface area contributed by atoms with Gasteiger partial charge in [-0.2, -0.15) is 0 Å². The summed E-state index contributed by atoms with van der Waals surface area (Å²) >= 11 is 0. The van der Waals surface area contributed by atoms with Crippen LogP contribution in [-0.4, -0.2) is 73.4 Å². The summed E-state index contributed by atoms with van der Waals surface area (Å²) in [5, 5.41) is 13.9. The number of rotatable bonds is 59. The molecule has 0 rings (SSSR count). The molecule has 0 spiro atoms. The van der Waals surface area contributed by atoms with Crippen molar-refractivity contribution >= 4 is 13.7 Å². The number of allylic oxidation sites excluding steroid dienone is 3. The molecule has 0 heterocycles. The first-order valence-corrected chi connectivity index (χ1v) is 33.2. The van der Waals surface area contributed by atoms with Crippen molar-refractivity contribution in [2.45, 2.75) is 334 Å². The van der Waals surface area contributed by atoms with Crippen LogP contribution in [0.15, 0.2) is 24.3 Å². The van der Waals surface area contributed by atoms with Crippen LogP contribution >= 0.6 is 7.82 Å². The number of aliphatic hydroxyl groups is 1. The number of carbonyl (C=O) groups is 1. The number of quaternary nitrogens is 1. The Kier molecular flexibility index (Phi) is 54.0. The summed E-state index contributed by atoms with van der Waals surface area (Å²) in [6.07, 6.45) is 70.3. The van der Waals surface area contributed by atoms with Gasteiger partial charge in [0.05, 0.1) is 39.9 Å². The molecule has 3 N–H and O–H groups in total. The third-order valence-electron chi connectivity index (χ3n) is 14.7. The Hall–Kier alpha value is -1.02. The first-order valence-electron chi connectivity index (χ1n) is 31.7. The minimum atomic E-state index is -4.34. The maximum atomic E-state index is 13.0. The van der Waals surface area contributed by atoms with Crippen molar-refractivity contribution in [3.63, 3.8) is 0 Å². The number of phosphoric acid groups is 1. The number of nitrogens with zero attached hydrogens (tertiary/aromatic N) is 1. The van der Waals surface area contributed by atoms with Crippen molar-refractivity contribution < 1.29 is 32.9 Å². The molecule has 0 saturated heterocycles. The highest BCUT2D eigenvalue weighted by atomic mass is 31.2. The van der Waals surface area contributed by atoms with Gasteiger partial charge in [0.25, 0.3) is 0 Å². The number of nitrogens with one attached hydrogen (secondary N) is 1. The molecule has 0 bridgehead atoms. The van der Waals surface area contributed by atoms with Gasteiger partial charge in [0.15, 0.2) is 0 Å². The average molecular weight is 1040 g/mol. The van der Waals surface area contributed by atoms with Gasteiger partial charge in [0.1, 0.15) is 13.2 Å².